The van der Waals surface area contributed by atoms with Crippen molar-refractivity contribution in [3.63, 3.8) is 0 Å². The van der Waals surface area contributed by atoms with Crippen LogP contribution < -0.4 is 0 Å². The van der Waals surface area contributed by atoms with Gasteiger partial charge in [-0.15, -0.1) is 0 Å². The minimum atomic E-state index is 0.857. The molecule has 6 nitrogen and oxygen atoms in total. The lowest BCUT2D eigenvalue weighted by molar-refractivity contribution is 0.669. The number of hydrogen-bond donors (Lipinski definition) is 0. The van der Waals surface area contributed by atoms with Gasteiger partial charge in [-0.3, -0.25) is 0 Å². The van der Waals surface area contributed by atoms with Gasteiger partial charge in [0.1, 0.15) is 22.3 Å². The van der Waals surface area contributed by atoms with E-state index in [4.69, 9.17) is 8.83 Å². The fourth-order valence-corrected chi connectivity index (χ4v) is 15.3. The number of fused-ring (bicyclic) bond motifs is 20. The highest BCUT2D eigenvalue weighted by atomic mass is 16.3. The van der Waals surface area contributed by atoms with Crippen LogP contribution >= 0.6 is 0 Å². The molecule has 0 saturated carbocycles. The standard InChI is InChI=1S/C84H50N4O2/c1-8-31-70-61(24-1)62-25-2-9-32-71(62)85(70)57-21-15-18-51(45-57)52-19-16-23-59(46-52)88-75-40-38-54(50-69(75)65-39-42-80-83(84(65)88)68-30-7-14-37-78(68)90-80)56-44-55(53-20-17-22-58(47-53)86-72-33-10-3-26-63(72)64-27-4-11-34-73(64)86)48-60(49-56)87-74-35-12-5-28-66(74)81-76(87)41-43-79-82(81)67-29-6-13-36-77(67)89-79/h1-50H. The van der Waals surface area contributed by atoms with E-state index >= 15 is 0 Å². The Balaban J connectivity index is 0.811. The summed E-state index contributed by atoms with van der Waals surface area (Å²) in [6, 6.07) is 111. The van der Waals surface area contributed by atoms with E-state index < -0.39 is 0 Å². The van der Waals surface area contributed by atoms with Crippen molar-refractivity contribution in [3.8, 4) is 56.1 Å². The molecular formula is C84H50N4O2. The van der Waals surface area contributed by atoms with Crippen LogP contribution in [0.2, 0.25) is 0 Å². The van der Waals surface area contributed by atoms with E-state index in [1.807, 2.05) is 0 Å². The monoisotopic (exact) mass is 1150 g/mol. The molecular weight excluding hydrogens is 1100 g/mol. The molecule has 0 atom stereocenters. The van der Waals surface area contributed by atoms with Crippen molar-refractivity contribution in [2.24, 2.45) is 0 Å². The Bertz CT molecular complexity index is 6330. The predicted molar refractivity (Wildman–Crippen MR) is 375 cm³/mol. The normalized spacial score (nSPS) is 12.2. The summed E-state index contributed by atoms with van der Waals surface area (Å²) in [5.74, 6) is 0. The van der Waals surface area contributed by atoms with Gasteiger partial charge >= 0.3 is 0 Å². The third-order valence-electron chi connectivity index (χ3n) is 19.1. The first-order valence-corrected chi connectivity index (χ1v) is 30.8. The third kappa shape index (κ3) is 7.04. The molecule has 0 saturated heterocycles. The maximum absolute atomic E-state index is 6.70. The number of nitrogens with zero attached hydrogens (tertiary/aromatic N) is 4. The number of aromatic nitrogens is 4. The van der Waals surface area contributed by atoms with Crippen LogP contribution in [0.25, 0.3) is 187 Å². The Morgan fingerprint density at radius 1 is 0.178 bits per heavy atom. The van der Waals surface area contributed by atoms with E-state index in [1.54, 1.807) is 0 Å². The van der Waals surface area contributed by atoms with E-state index in [-0.39, 0.29) is 0 Å². The summed E-state index contributed by atoms with van der Waals surface area (Å²) in [7, 11) is 0. The summed E-state index contributed by atoms with van der Waals surface area (Å²) in [5.41, 5.74) is 23.8. The molecule has 6 aromatic heterocycles. The van der Waals surface area contributed by atoms with E-state index in [0.29, 0.717) is 0 Å². The first-order valence-electron chi connectivity index (χ1n) is 30.8. The molecule has 6 heterocycles. The van der Waals surface area contributed by atoms with E-state index in [9.17, 15) is 0 Å². The molecule has 0 aliphatic rings. The molecule has 0 bridgehead atoms. The van der Waals surface area contributed by atoms with Crippen molar-refractivity contribution in [1.82, 2.24) is 18.3 Å². The van der Waals surface area contributed by atoms with Gasteiger partial charge in [-0.25, -0.2) is 0 Å². The summed E-state index contributed by atoms with van der Waals surface area (Å²) in [5, 5.41) is 14.1. The first-order chi connectivity index (χ1) is 44.6. The average molecular weight is 1150 g/mol. The highest BCUT2D eigenvalue weighted by Gasteiger charge is 2.24. The van der Waals surface area contributed by atoms with E-state index in [2.05, 4.69) is 322 Å². The van der Waals surface area contributed by atoms with Crippen molar-refractivity contribution < 1.29 is 8.83 Å². The van der Waals surface area contributed by atoms with Crippen LogP contribution in [0.5, 0.6) is 0 Å². The lowest BCUT2D eigenvalue weighted by Gasteiger charge is -2.16. The Kier molecular flexibility index (Phi) is 10.2. The number of rotatable bonds is 7. The van der Waals surface area contributed by atoms with Crippen LogP contribution in [0.3, 0.4) is 0 Å². The minimum absolute atomic E-state index is 0.857. The molecule has 0 N–H and O–H groups in total. The molecule has 0 radical (unpaired) electrons. The van der Waals surface area contributed by atoms with Crippen molar-refractivity contribution in [3.05, 3.63) is 303 Å². The average Bonchev–Trinajstić information content (AvgIpc) is 1.61. The van der Waals surface area contributed by atoms with Gasteiger partial charge in [0.25, 0.3) is 0 Å². The van der Waals surface area contributed by atoms with E-state index in [1.165, 1.54) is 54.4 Å². The second-order valence-electron chi connectivity index (χ2n) is 23.9. The quantitative estimate of drug-likeness (QED) is 0.160. The van der Waals surface area contributed by atoms with Crippen molar-refractivity contribution in [2.45, 2.75) is 0 Å². The Morgan fingerprint density at radius 3 is 1.10 bits per heavy atom. The number of benzene rings is 14. The van der Waals surface area contributed by atoms with Gasteiger partial charge in [-0.2, -0.15) is 0 Å². The maximum Gasteiger partial charge on any atom is 0.137 e. The van der Waals surface area contributed by atoms with Gasteiger partial charge in [0.15, 0.2) is 0 Å². The van der Waals surface area contributed by atoms with Crippen molar-refractivity contribution in [2.75, 3.05) is 0 Å². The van der Waals surface area contributed by atoms with Crippen LogP contribution in [-0.4, -0.2) is 18.3 Å². The van der Waals surface area contributed by atoms with Crippen molar-refractivity contribution >= 4 is 131 Å². The number of furan rings is 2. The molecule has 0 spiro atoms. The lowest BCUT2D eigenvalue weighted by atomic mass is 9.96. The fourth-order valence-electron chi connectivity index (χ4n) is 15.3. The van der Waals surface area contributed by atoms with Crippen LogP contribution in [0.4, 0.5) is 0 Å². The largest absolute Gasteiger partial charge is 0.456 e. The SMILES string of the molecule is c1cc(-c2cc(-c3ccc4c(c3)c3ccc5oc6ccccc6c5c3n4-c3cccc(-c4cccc(-n5c6ccccc6c6ccccc65)c4)c3)cc(-n3c4ccccc4c4c5c(ccc43)oc3ccccc35)c2)cc(-n2c3ccccc3c3ccccc32)c1. The Labute approximate surface area is 514 Å². The molecule has 90 heavy (non-hydrogen) atoms. The maximum atomic E-state index is 6.70. The van der Waals surface area contributed by atoms with E-state index in [0.717, 1.165) is 133 Å². The van der Waals surface area contributed by atoms with Gasteiger partial charge in [0.2, 0.25) is 0 Å². The van der Waals surface area contributed by atoms with Crippen LogP contribution in [0, 0.1) is 0 Å². The molecule has 20 aromatic rings. The molecule has 418 valence electrons. The van der Waals surface area contributed by atoms with Crippen LogP contribution in [-0.2, 0) is 0 Å². The number of hydrogen-bond acceptors (Lipinski definition) is 2. The first kappa shape index (κ1) is 49.0. The zero-order chi connectivity index (χ0) is 58.7. The molecule has 20 rings (SSSR count). The molecule has 0 aliphatic carbocycles. The lowest BCUT2D eigenvalue weighted by Crippen LogP contribution is -1.97. The second-order valence-corrected chi connectivity index (χ2v) is 23.9. The smallest absolute Gasteiger partial charge is 0.137 e. The zero-order valence-electron chi connectivity index (χ0n) is 48.5. The molecule has 0 unspecified atom stereocenters. The Morgan fingerprint density at radius 2 is 0.556 bits per heavy atom. The summed E-state index contributed by atoms with van der Waals surface area (Å²) >= 11 is 0. The second kappa shape index (κ2) is 18.7. The van der Waals surface area contributed by atoms with Gasteiger partial charge in [-0.1, -0.05) is 170 Å². The predicted octanol–water partition coefficient (Wildman–Crippen LogP) is 22.9. The number of para-hydroxylation sites is 7. The highest BCUT2D eigenvalue weighted by Crippen LogP contribution is 2.46. The van der Waals surface area contributed by atoms with Crippen molar-refractivity contribution in [1.29, 1.82) is 0 Å². The van der Waals surface area contributed by atoms with Gasteiger partial charge in [-0.05, 0) is 167 Å². The molecule has 6 heteroatoms. The summed E-state index contributed by atoms with van der Waals surface area (Å²) in [6.07, 6.45) is 0. The topological polar surface area (TPSA) is 46.0 Å². The molecule has 0 amide bonds. The van der Waals surface area contributed by atoms with Crippen LogP contribution in [0.1, 0.15) is 0 Å². The van der Waals surface area contributed by atoms with Crippen LogP contribution in [0.15, 0.2) is 312 Å². The molecule has 0 aliphatic heterocycles. The third-order valence-corrected chi connectivity index (χ3v) is 19.1. The Hall–Kier alpha value is -12.1. The summed E-state index contributed by atoms with van der Waals surface area (Å²) in [6.45, 7) is 0. The van der Waals surface area contributed by atoms with Gasteiger partial charge < -0.3 is 27.1 Å². The summed E-state index contributed by atoms with van der Waals surface area (Å²) < 4.78 is 23.0. The van der Waals surface area contributed by atoms with Gasteiger partial charge in [0, 0.05) is 82.0 Å². The zero-order valence-corrected chi connectivity index (χ0v) is 48.5. The fraction of sp³-hybridized carbons (Fsp3) is 0. The minimum Gasteiger partial charge on any atom is -0.456 e. The van der Waals surface area contributed by atoms with Gasteiger partial charge in [0.05, 0.1) is 49.5 Å². The molecule has 0 fully saturated rings. The highest BCUT2D eigenvalue weighted by molar-refractivity contribution is 6.28. The molecule has 14 aromatic carbocycles. The summed E-state index contributed by atoms with van der Waals surface area (Å²) in [4.78, 5) is 0.